The number of carboxylic acids is 1. The number of nitrogens with one attached hydrogen (secondary N) is 4. The Balaban J connectivity index is 1.70. The maximum absolute atomic E-state index is 12.8. The zero-order valence-corrected chi connectivity index (χ0v) is 19.0. The highest BCUT2D eigenvalue weighted by molar-refractivity contribution is 5.94. The van der Waals surface area contributed by atoms with Gasteiger partial charge in [0.05, 0.1) is 11.5 Å². The molecule has 1 unspecified atom stereocenters. The third-order valence-corrected chi connectivity index (χ3v) is 5.33. The van der Waals surface area contributed by atoms with E-state index in [1.165, 1.54) is 6.92 Å². The van der Waals surface area contributed by atoms with Crippen molar-refractivity contribution in [3.8, 4) is 11.1 Å². The third-order valence-electron chi connectivity index (χ3n) is 5.33. The van der Waals surface area contributed by atoms with Crippen LogP contribution in [0.25, 0.3) is 11.1 Å². The topological polar surface area (TPSA) is 155 Å². The number of pyridine rings is 1. The fourth-order valence-electron chi connectivity index (χ4n) is 3.18. The van der Waals surface area contributed by atoms with Crippen LogP contribution in [0.3, 0.4) is 0 Å². The molecule has 5 N–H and O–H groups in total. The molecular weight excluding hydrogens is 438 g/mol. The van der Waals surface area contributed by atoms with E-state index in [4.69, 9.17) is 5.11 Å². The van der Waals surface area contributed by atoms with Crippen LogP contribution in [0.2, 0.25) is 0 Å². The molecule has 0 bridgehead atoms. The molecule has 0 aliphatic carbocycles. The van der Waals surface area contributed by atoms with Gasteiger partial charge >= 0.3 is 23.3 Å². The molecule has 10 nitrogen and oxygen atoms in total. The van der Waals surface area contributed by atoms with E-state index in [0.717, 1.165) is 22.9 Å². The lowest BCUT2D eigenvalue weighted by Crippen LogP contribution is -2.44. The molecule has 0 aliphatic heterocycles. The number of hydrogen-bond donors (Lipinski definition) is 4. The maximum atomic E-state index is 12.8. The van der Waals surface area contributed by atoms with Crippen LogP contribution in [0.1, 0.15) is 47.3 Å². The Hall–Kier alpha value is -4.34. The summed E-state index contributed by atoms with van der Waals surface area (Å²) in [5, 5.41) is 14.1. The van der Waals surface area contributed by atoms with Crippen LogP contribution in [0.15, 0.2) is 59.8 Å². The van der Waals surface area contributed by atoms with Crippen LogP contribution in [-0.4, -0.2) is 39.4 Å². The molecule has 0 fully saturated rings. The van der Waals surface area contributed by atoms with Gasteiger partial charge in [-0.2, -0.15) is 0 Å². The maximum Gasteiger partial charge on any atom is 0.348 e. The van der Waals surface area contributed by atoms with E-state index in [9.17, 15) is 19.2 Å². The highest BCUT2D eigenvalue weighted by Gasteiger charge is 2.27. The number of carbonyl (C=O) groups is 3. The standard InChI is InChI=1S/C24H25N5O5/c1-14(23(33)34)11-27-22(32)19-26-13-18(20(30)28-19)21(31)29-24(2,3)17-8-6-15(7-9-17)16-5-4-10-25-12-16/h4-10,12-14H,11H2,1-3H3,(H,27,32)(H,29,31)(H,33,34)(H,26,28,30)/p+1. The first-order chi connectivity index (χ1) is 16.1. The number of hydrogen-bond acceptors (Lipinski definition) is 5. The summed E-state index contributed by atoms with van der Waals surface area (Å²) in [7, 11) is 0. The van der Waals surface area contributed by atoms with Crippen molar-refractivity contribution >= 4 is 17.8 Å². The normalized spacial score (nSPS) is 12.0. The van der Waals surface area contributed by atoms with Gasteiger partial charge in [0.15, 0.2) is 5.56 Å². The molecule has 34 heavy (non-hydrogen) atoms. The van der Waals surface area contributed by atoms with Crippen molar-refractivity contribution in [1.82, 2.24) is 20.6 Å². The number of benzene rings is 1. The highest BCUT2D eigenvalue weighted by Crippen LogP contribution is 2.24. The summed E-state index contributed by atoms with van der Waals surface area (Å²) >= 11 is 0. The molecule has 176 valence electrons. The Morgan fingerprint density at radius 3 is 2.41 bits per heavy atom. The minimum absolute atomic E-state index is 0.111. The molecule has 0 aliphatic rings. The molecule has 3 aromatic rings. The molecule has 10 heteroatoms. The zero-order valence-electron chi connectivity index (χ0n) is 19.0. The van der Waals surface area contributed by atoms with Gasteiger partial charge in [0.2, 0.25) is 0 Å². The first-order valence-electron chi connectivity index (χ1n) is 10.6. The molecule has 0 saturated carbocycles. The molecule has 0 radical (unpaired) electrons. The fraction of sp³-hybridized carbons (Fsp3) is 0.250. The fourth-order valence-corrected chi connectivity index (χ4v) is 3.18. The molecule has 1 atom stereocenters. The SMILES string of the molecule is CC(CNC(=O)c1[nH]c(=O)c(C(=O)NC(C)(C)c2ccc(-c3cccnc3)cc2)c[nH+]1)C(=O)O. The van der Waals surface area contributed by atoms with Gasteiger partial charge in [0.25, 0.3) is 5.91 Å². The number of amides is 2. The summed E-state index contributed by atoms with van der Waals surface area (Å²) in [5.74, 6) is -3.35. The lowest BCUT2D eigenvalue weighted by Gasteiger charge is -2.26. The quantitative estimate of drug-likeness (QED) is 0.395. The number of aromatic nitrogens is 3. The number of aliphatic carboxylic acids is 1. The van der Waals surface area contributed by atoms with Gasteiger partial charge in [-0.1, -0.05) is 37.3 Å². The van der Waals surface area contributed by atoms with Crippen molar-refractivity contribution in [2.24, 2.45) is 5.92 Å². The van der Waals surface area contributed by atoms with Gasteiger partial charge in [-0.15, -0.1) is 0 Å². The minimum Gasteiger partial charge on any atom is -0.481 e. The van der Waals surface area contributed by atoms with Gasteiger partial charge in [-0.3, -0.25) is 19.4 Å². The number of aromatic amines is 2. The second-order valence-corrected chi connectivity index (χ2v) is 8.38. The lowest BCUT2D eigenvalue weighted by molar-refractivity contribution is -0.387. The van der Waals surface area contributed by atoms with E-state index >= 15 is 0 Å². The van der Waals surface area contributed by atoms with E-state index in [-0.39, 0.29) is 17.9 Å². The van der Waals surface area contributed by atoms with Gasteiger partial charge in [-0.25, -0.2) is 14.8 Å². The number of carboxylic acid groups (broad SMARTS) is 1. The van der Waals surface area contributed by atoms with Crippen molar-refractivity contribution in [3.05, 3.63) is 82.3 Å². The van der Waals surface area contributed by atoms with Gasteiger partial charge in [-0.05, 0) is 36.6 Å². The molecule has 2 heterocycles. The van der Waals surface area contributed by atoms with Gasteiger partial charge < -0.3 is 15.7 Å². The molecular formula is C24H26N5O5+. The summed E-state index contributed by atoms with van der Waals surface area (Å²) in [4.78, 5) is 57.2. The van der Waals surface area contributed by atoms with Crippen molar-refractivity contribution in [2.45, 2.75) is 26.3 Å². The first kappa shape index (κ1) is 24.3. The van der Waals surface area contributed by atoms with Crippen molar-refractivity contribution < 1.29 is 24.5 Å². The van der Waals surface area contributed by atoms with Crippen LogP contribution < -0.4 is 21.2 Å². The van der Waals surface area contributed by atoms with Crippen molar-refractivity contribution in [2.75, 3.05) is 6.54 Å². The number of rotatable bonds is 8. The highest BCUT2D eigenvalue weighted by atomic mass is 16.4. The summed E-state index contributed by atoms with van der Waals surface area (Å²) in [6.07, 6.45) is 4.61. The molecule has 3 rings (SSSR count). The van der Waals surface area contributed by atoms with Crippen molar-refractivity contribution in [1.29, 1.82) is 0 Å². The lowest BCUT2D eigenvalue weighted by atomic mass is 9.92. The summed E-state index contributed by atoms with van der Waals surface area (Å²) < 4.78 is 0. The van der Waals surface area contributed by atoms with E-state index in [1.807, 2.05) is 50.2 Å². The second-order valence-electron chi connectivity index (χ2n) is 8.38. The van der Waals surface area contributed by atoms with Crippen LogP contribution in [0, 0.1) is 5.92 Å². The monoisotopic (exact) mass is 464 g/mol. The Kier molecular flexibility index (Phi) is 7.20. The van der Waals surface area contributed by atoms with E-state index in [0.29, 0.717) is 0 Å². The van der Waals surface area contributed by atoms with Crippen LogP contribution in [0.5, 0.6) is 0 Å². The summed E-state index contributed by atoms with van der Waals surface area (Å²) in [6.45, 7) is 4.96. The van der Waals surface area contributed by atoms with Crippen LogP contribution in [-0.2, 0) is 10.3 Å². The minimum atomic E-state index is -1.06. The number of nitrogens with zero attached hydrogens (tertiary/aromatic N) is 1. The average molecular weight is 465 g/mol. The Labute approximate surface area is 195 Å². The molecule has 1 aromatic carbocycles. The van der Waals surface area contributed by atoms with E-state index in [2.05, 4.69) is 25.6 Å². The largest absolute Gasteiger partial charge is 0.481 e. The predicted molar refractivity (Wildman–Crippen MR) is 123 cm³/mol. The third kappa shape index (κ3) is 5.71. The zero-order chi connectivity index (χ0) is 24.9. The smallest absolute Gasteiger partial charge is 0.348 e. The first-order valence-corrected chi connectivity index (χ1v) is 10.6. The predicted octanol–water partition coefficient (Wildman–Crippen LogP) is 1.37. The second kappa shape index (κ2) is 10.1. The summed E-state index contributed by atoms with van der Waals surface area (Å²) in [6, 6.07) is 11.5. The molecule has 2 aromatic heterocycles. The Bertz CT molecular complexity index is 1250. The van der Waals surface area contributed by atoms with E-state index in [1.54, 1.807) is 12.4 Å². The van der Waals surface area contributed by atoms with Crippen molar-refractivity contribution in [3.63, 3.8) is 0 Å². The Morgan fingerprint density at radius 1 is 1.12 bits per heavy atom. The average Bonchev–Trinajstić information content (AvgIpc) is 2.82. The number of carbonyl (C=O) groups excluding carboxylic acids is 2. The molecule has 0 spiro atoms. The molecule has 2 amide bonds. The Morgan fingerprint density at radius 2 is 1.82 bits per heavy atom. The van der Waals surface area contributed by atoms with Crippen LogP contribution in [0.4, 0.5) is 0 Å². The van der Waals surface area contributed by atoms with E-state index < -0.39 is 34.8 Å². The van der Waals surface area contributed by atoms with Gasteiger partial charge in [0.1, 0.15) is 6.20 Å². The van der Waals surface area contributed by atoms with Gasteiger partial charge in [0, 0.05) is 18.9 Å². The molecule has 0 saturated heterocycles. The number of H-pyrrole nitrogens is 2. The van der Waals surface area contributed by atoms with Crippen LogP contribution >= 0.6 is 0 Å². The summed E-state index contributed by atoms with van der Waals surface area (Å²) in [5.41, 5.74) is 1.04.